The minimum Gasteiger partial charge on any atom is -0.480 e. The normalized spacial score (nSPS) is 14.3. The fourth-order valence-corrected chi connectivity index (χ4v) is 4.06. The van der Waals surface area contributed by atoms with Crippen LogP contribution in [0.15, 0.2) is 12.7 Å². The fraction of sp³-hybridized carbons (Fsp3) is 0.571. The summed E-state index contributed by atoms with van der Waals surface area (Å²) in [5, 5.41) is 7.50. The van der Waals surface area contributed by atoms with Crippen molar-refractivity contribution in [3.63, 3.8) is 0 Å². The zero-order chi connectivity index (χ0) is 13.0. The molecular weight excluding hydrogens is 258 g/mol. The maximum absolute atomic E-state index is 11.2. The summed E-state index contributed by atoms with van der Waals surface area (Å²) in [6.07, 6.45) is 1.84. The van der Waals surface area contributed by atoms with Gasteiger partial charge in [0.05, 0.1) is 0 Å². The van der Waals surface area contributed by atoms with Crippen molar-refractivity contribution >= 4 is 25.8 Å². The molecule has 0 saturated heterocycles. The molecule has 1 atom stereocenters. The maximum atomic E-state index is 11.2. The van der Waals surface area contributed by atoms with Gasteiger partial charge in [-0.05, 0) is 6.42 Å². The lowest BCUT2D eigenvalue weighted by molar-refractivity contribution is -0.138. The van der Waals surface area contributed by atoms with Gasteiger partial charge in [0.25, 0.3) is 0 Å². The third-order valence-electron chi connectivity index (χ3n) is 1.39. The van der Waals surface area contributed by atoms with E-state index >= 15 is 0 Å². The highest BCUT2D eigenvalue weighted by molar-refractivity contribution is 8.06. The third-order valence-corrected chi connectivity index (χ3v) is 4.99. The number of nitrogens with one attached hydrogen (secondary N) is 1. The number of hydrogen-bond donors (Lipinski definition) is 2. The van der Waals surface area contributed by atoms with E-state index in [2.05, 4.69) is 6.58 Å². The lowest BCUT2D eigenvalue weighted by Gasteiger charge is -2.12. The van der Waals surface area contributed by atoms with Gasteiger partial charge in [-0.1, -0.05) is 6.08 Å². The van der Waals surface area contributed by atoms with Crippen LogP contribution in [0, 0.1) is 0 Å². The Labute approximate surface area is 94.1 Å². The maximum Gasteiger partial charge on any atom is 0.322 e. The van der Waals surface area contributed by atoms with Crippen LogP contribution in [0.4, 0.5) is 0 Å². The number of sulfonamides is 1. The smallest absolute Gasteiger partial charge is 0.322 e. The zero-order valence-electron chi connectivity index (χ0n) is 8.58. The van der Waals surface area contributed by atoms with Gasteiger partial charge in [-0.15, -0.1) is 6.58 Å². The molecule has 0 rings (SSSR count). The third kappa shape index (κ3) is 6.53. The molecule has 0 aliphatic carbocycles. The number of rotatable bonds is 7. The van der Waals surface area contributed by atoms with Gasteiger partial charge in [0.15, 0.2) is 14.9 Å². The van der Waals surface area contributed by atoms with Crippen molar-refractivity contribution in [2.24, 2.45) is 0 Å². The second kappa shape index (κ2) is 5.41. The number of aliphatic carboxylic acids is 1. The number of hydrogen-bond acceptors (Lipinski definition) is 5. The van der Waals surface area contributed by atoms with E-state index in [1.165, 1.54) is 6.08 Å². The van der Waals surface area contributed by atoms with Crippen molar-refractivity contribution in [1.29, 1.82) is 0 Å². The summed E-state index contributed by atoms with van der Waals surface area (Å²) in [5.41, 5.74) is 0. The highest BCUT2D eigenvalue weighted by Gasteiger charge is 2.25. The first-order chi connectivity index (χ1) is 7.07. The van der Waals surface area contributed by atoms with Crippen LogP contribution in [0.5, 0.6) is 0 Å². The van der Waals surface area contributed by atoms with Crippen LogP contribution in [0.25, 0.3) is 0 Å². The van der Waals surface area contributed by atoms with Gasteiger partial charge in [-0.3, -0.25) is 4.79 Å². The Morgan fingerprint density at radius 2 is 1.94 bits per heavy atom. The molecule has 0 spiro atoms. The van der Waals surface area contributed by atoms with Gasteiger partial charge in [0, 0.05) is 6.26 Å². The molecule has 0 bridgehead atoms. The first-order valence-corrected chi connectivity index (χ1v) is 7.80. The number of carboxylic acid groups (broad SMARTS) is 1. The molecule has 2 N–H and O–H groups in total. The second-order valence-corrected chi connectivity index (χ2v) is 7.45. The standard InChI is InChI=1S/C7H13NO6S2/c1-3-4-6(7(9)10)8-16(13,14)5-15(2,11)12/h3,6,8H,1,4-5H2,2H3,(H,9,10). The average molecular weight is 271 g/mol. The zero-order valence-corrected chi connectivity index (χ0v) is 10.2. The van der Waals surface area contributed by atoms with Crippen molar-refractivity contribution in [2.45, 2.75) is 12.5 Å². The van der Waals surface area contributed by atoms with Gasteiger partial charge in [-0.2, -0.15) is 4.72 Å². The van der Waals surface area contributed by atoms with Crippen LogP contribution >= 0.6 is 0 Å². The van der Waals surface area contributed by atoms with Crippen LogP contribution in [0.2, 0.25) is 0 Å². The molecule has 0 aliphatic heterocycles. The highest BCUT2D eigenvalue weighted by atomic mass is 32.3. The van der Waals surface area contributed by atoms with Gasteiger partial charge in [0.1, 0.15) is 6.04 Å². The summed E-state index contributed by atoms with van der Waals surface area (Å²) >= 11 is 0. The summed E-state index contributed by atoms with van der Waals surface area (Å²) in [6, 6.07) is -1.40. The number of sulfone groups is 1. The van der Waals surface area contributed by atoms with Crippen molar-refractivity contribution in [3.8, 4) is 0 Å². The summed E-state index contributed by atoms with van der Waals surface area (Å²) in [4.78, 5) is 10.6. The second-order valence-electron chi connectivity index (χ2n) is 3.19. The Hall–Kier alpha value is -0.930. The van der Waals surface area contributed by atoms with Crippen LogP contribution in [-0.2, 0) is 24.7 Å². The molecule has 9 heteroatoms. The highest BCUT2D eigenvalue weighted by Crippen LogP contribution is 1.99. The SMILES string of the molecule is C=CCC(NS(=O)(=O)CS(C)(=O)=O)C(=O)O. The van der Waals surface area contributed by atoms with E-state index in [9.17, 15) is 21.6 Å². The summed E-state index contributed by atoms with van der Waals surface area (Å²) < 4.78 is 45.8. The number of carboxylic acids is 1. The minimum absolute atomic E-state index is 0.127. The van der Waals surface area contributed by atoms with Crippen molar-refractivity contribution in [3.05, 3.63) is 12.7 Å². The van der Waals surface area contributed by atoms with Gasteiger partial charge in [0.2, 0.25) is 10.0 Å². The predicted molar refractivity (Wildman–Crippen MR) is 58.0 cm³/mol. The van der Waals surface area contributed by atoms with E-state index in [1.807, 2.05) is 0 Å². The Bertz CT molecular complexity index is 463. The molecule has 0 aromatic carbocycles. The first-order valence-electron chi connectivity index (χ1n) is 4.09. The fourth-order valence-electron chi connectivity index (χ4n) is 0.899. The van der Waals surface area contributed by atoms with Crippen LogP contribution < -0.4 is 4.72 Å². The molecule has 0 amide bonds. The molecule has 0 fully saturated rings. The molecule has 16 heavy (non-hydrogen) atoms. The largest absolute Gasteiger partial charge is 0.480 e. The Balaban J connectivity index is 4.80. The average Bonchev–Trinajstić information content (AvgIpc) is 1.97. The first kappa shape index (κ1) is 15.1. The van der Waals surface area contributed by atoms with Crippen molar-refractivity contribution < 1.29 is 26.7 Å². The number of carbonyl (C=O) groups is 1. The van der Waals surface area contributed by atoms with Crippen molar-refractivity contribution in [1.82, 2.24) is 4.72 Å². The van der Waals surface area contributed by atoms with E-state index in [4.69, 9.17) is 5.11 Å². The molecule has 7 nitrogen and oxygen atoms in total. The van der Waals surface area contributed by atoms with Gasteiger partial charge >= 0.3 is 5.97 Å². The molecule has 94 valence electrons. The van der Waals surface area contributed by atoms with E-state index < -0.39 is 37.0 Å². The molecule has 0 aliphatic rings. The summed E-state index contributed by atoms with van der Waals surface area (Å²) in [7, 11) is -7.91. The quantitative estimate of drug-likeness (QED) is 0.570. The Morgan fingerprint density at radius 1 is 1.44 bits per heavy atom. The van der Waals surface area contributed by atoms with Crippen LogP contribution in [-0.4, -0.2) is 45.3 Å². The van der Waals surface area contributed by atoms with Crippen LogP contribution in [0.3, 0.4) is 0 Å². The van der Waals surface area contributed by atoms with E-state index in [-0.39, 0.29) is 6.42 Å². The molecule has 0 radical (unpaired) electrons. The minimum atomic E-state index is -4.17. The Morgan fingerprint density at radius 3 is 2.25 bits per heavy atom. The summed E-state index contributed by atoms with van der Waals surface area (Å²) in [6.45, 7) is 3.27. The lowest BCUT2D eigenvalue weighted by Crippen LogP contribution is -2.42. The molecular formula is C7H13NO6S2. The molecule has 1 unspecified atom stereocenters. The molecule has 0 heterocycles. The summed E-state index contributed by atoms with van der Waals surface area (Å²) in [5.74, 6) is -1.39. The monoisotopic (exact) mass is 271 g/mol. The van der Waals surface area contributed by atoms with E-state index in [0.717, 1.165) is 6.26 Å². The molecule has 0 saturated carbocycles. The van der Waals surface area contributed by atoms with E-state index in [0.29, 0.717) is 0 Å². The van der Waals surface area contributed by atoms with Gasteiger partial charge in [-0.25, -0.2) is 16.8 Å². The van der Waals surface area contributed by atoms with Crippen molar-refractivity contribution in [2.75, 3.05) is 11.3 Å². The predicted octanol–water partition coefficient (Wildman–Crippen LogP) is -1.06. The molecule has 0 aromatic rings. The Kier molecular flexibility index (Phi) is 5.10. The van der Waals surface area contributed by atoms with Crippen LogP contribution in [0.1, 0.15) is 6.42 Å². The lowest BCUT2D eigenvalue weighted by atomic mass is 10.2. The molecule has 0 aromatic heterocycles. The van der Waals surface area contributed by atoms with E-state index in [1.54, 1.807) is 4.72 Å². The topological polar surface area (TPSA) is 118 Å². The van der Waals surface area contributed by atoms with Gasteiger partial charge < -0.3 is 5.11 Å².